The monoisotopic (exact) mass is 329 g/mol. The molecule has 0 fully saturated rings. The normalized spacial score (nSPS) is 25.8. The van der Waals surface area contributed by atoms with Gasteiger partial charge in [-0.2, -0.15) is 0 Å². The third-order valence-electron chi connectivity index (χ3n) is 4.17. The Bertz CT molecular complexity index is 709. The van der Waals surface area contributed by atoms with Crippen LogP contribution in [0.15, 0.2) is 47.0 Å². The summed E-state index contributed by atoms with van der Waals surface area (Å²) in [5.74, 6) is -0.245. The topological polar surface area (TPSA) is 74.2 Å². The molecule has 0 unspecified atom stereocenters. The van der Waals surface area contributed by atoms with Gasteiger partial charge >= 0.3 is 12.1 Å². The molecular weight excluding hydrogens is 310 g/mol. The van der Waals surface area contributed by atoms with Gasteiger partial charge in [0.2, 0.25) is 11.4 Å². The molecule has 0 radical (unpaired) electrons. The van der Waals surface area contributed by atoms with Crippen LogP contribution in [0.2, 0.25) is 0 Å². The van der Waals surface area contributed by atoms with E-state index in [-0.39, 0.29) is 12.5 Å². The van der Waals surface area contributed by atoms with Crippen molar-refractivity contribution in [3.8, 4) is 0 Å². The lowest BCUT2D eigenvalue weighted by molar-refractivity contribution is -0.143. The molecule has 2 aliphatic rings. The highest BCUT2D eigenvalue weighted by molar-refractivity contribution is 6.08. The van der Waals surface area contributed by atoms with Crippen LogP contribution in [0.1, 0.15) is 32.3 Å². The van der Waals surface area contributed by atoms with E-state index in [0.717, 1.165) is 5.57 Å². The number of esters is 1. The first-order chi connectivity index (χ1) is 11.5. The summed E-state index contributed by atoms with van der Waals surface area (Å²) < 4.78 is 15.6. The average molecular weight is 329 g/mol. The molecule has 6 nitrogen and oxygen atoms in total. The molecule has 0 bridgehead atoms. The van der Waals surface area contributed by atoms with Crippen molar-refractivity contribution >= 4 is 18.0 Å². The van der Waals surface area contributed by atoms with Gasteiger partial charge in [0.25, 0.3) is 0 Å². The molecule has 24 heavy (non-hydrogen) atoms. The zero-order valence-electron chi connectivity index (χ0n) is 13.7. The number of nitrogens with zero attached hydrogens (tertiary/aromatic N) is 1. The van der Waals surface area contributed by atoms with Crippen LogP contribution in [0.4, 0.5) is 4.79 Å². The summed E-state index contributed by atoms with van der Waals surface area (Å²) in [6.07, 6.45) is 1.14. The number of hydrogen-bond acceptors (Lipinski definition) is 6. The van der Waals surface area contributed by atoms with Crippen molar-refractivity contribution in [3.05, 3.63) is 47.5 Å². The Kier molecular flexibility index (Phi) is 4.38. The van der Waals surface area contributed by atoms with E-state index in [9.17, 15) is 9.59 Å². The van der Waals surface area contributed by atoms with Crippen LogP contribution in [-0.4, -0.2) is 36.3 Å². The Morgan fingerprint density at radius 3 is 2.83 bits per heavy atom. The summed E-state index contributed by atoms with van der Waals surface area (Å²) in [6, 6.07) is 9.19. The van der Waals surface area contributed by atoms with Crippen molar-refractivity contribution < 1.29 is 23.8 Å². The van der Waals surface area contributed by atoms with Gasteiger partial charge in [-0.1, -0.05) is 29.8 Å². The van der Waals surface area contributed by atoms with Crippen LogP contribution in [0, 0.1) is 0 Å². The van der Waals surface area contributed by atoms with Crippen LogP contribution in [0.5, 0.6) is 0 Å². The maximum atomic E-state index is 12.6. The van der Waals surface area contributed by atoms with Crippen molar-refractivity contribution in [2.24, 2.45) is 4.99 Å². The molecule has 1 aliphatic heterocycles. The molecule has 1 aromatic rings. The molecule has 0 saturated carbocycles. The van der Waals surface area contributed by atoms with E-state index < -0.39 is 23.8 Å². The van der Waals surface area contributed by atoms with Crippen LogP contribution in [0.25, 0.3) is 0 Å². The first kappa shape index (κ1) is 16.2. The number of ether oxygens (including phenoxy) is 3. The molecule has 0 N–H and O–H groups in total. The fraction of sp³-hybridized carbons (Fsp3) is 0.389. The van der Waals surface area contributed by atoms with Crippen molar-refractivity contribution in [1.29, 1.82) is 0 Å². The minimum Gasteiger partial charge on any atom is -0.435 e. The van der Waals surface area contributed by atoms with Gasteiger partial charge in [-0.3, -0.25) is 0 Å². The molecule has 0 amide bonds. The number of carbonyl (C=O) groups excluding carboxylic acids is 2. The van der Waals surface area contributed by atoms with Gasteiger partial charge in [-0.05, 0) is 26.0 Å². The van der Waals surface area contributed by atoms with Crippen molar-refractivity contribution in [3.63, 3.8) is 0 Å². The van der Waals surface area contributed by atoms with E-state index in [2.05, 4.69) is 4.99 Å². The summed E-state index contributed by atoms with van der Waals surface area (Å²) in [7, 11) is 0. The number of aliphatic imine (C=N–C) groups is 1. The third-order valence-corrected chi connectivity index (χ3v) is 4.17. The van der Waals surface area contributed by atoms with Gasteiger partial charge in [0.1, 0.15) is 6.10 Å². The molecule has 6 heteroatoms. The quantitative estimate of drug-likeness (QED) is 0.629. The maximum Gasteiger partial charge on any atom is 0.508 e. The number of carbonyl (C=O) groups is 2. The summed E-state index contributed by atoms with van der Waals surface area (Å²) in [5.41, 5.74) is 0.507. The summed E-state index contributed by atoms with van der Waals surface area (Å²) in [4.78, 5) is 28.9. The molecular formula is C18H19NO5. The highest BCUT2D eigenvalue weighted by Crippen LogP contribution is 2.38. The van der Waals surface area contributed by atoms with Crippen molar-refractivity contribution in [1.82, 2.24) is 0 Å². The predicted octanol–water partition coefficient (Wildman–Crippen LogP) is 3.01. The van der Waals surface area contributed by atoms with Gasteiger partial charge in [-0.25, -0.2) is 14.6 Å². The lowest BCUT2D eigenvalue weighted by Crippen LogP contribution is -2.49. The van der Waals surface area contributed by atoms with Gasteiger partial charge in [-0.15, -0.1) is 0 Å². The Balaban J connectivity index is 1.94. The molecule has 1 heterocycles. The minimum absolute atomic E-state index is 0.205. The van der Waals surface area contributed by atoms with Crippen LogP contribution in [0.3, 0.4) is 0 Å². The lowest BCUT2D eigenvalue weighted by atomic mass is 9.81. The van der Waals surface area contributed by atoms with E-state index in [0.29, 0.717) is 18.4 Å². The second kappa shape index (κ2) is 6.47. The summed E-state index contributed by atoms with van der Waals surface area (Å²) in [6.45, 7) is 3.82. The van der Waals surface area contributed by atoms with Gasteiger partial charge < -0.3 is 14.2 Å². The second-order valence-electron chi connectivity index (χ2n) is 5.84. The number of hydrogen-bond donors (Lipinski definition) is 0. The molecule has 1 aromatic carbocycles. The van der Waals surface area contributed by atoms with Gasteiger partial charge in [0.05, 0.1) is 6.61 Å². The summed E-state index contributed by atoms with van der Waals surface area (Å²) >= 11 is 0. The largest absolute Gasteiger partial charge is 0.508 e. The highest BCUT2D eigenvalue weighted by atomic mass is 16.7. The number of rotatable bonds is 3. The fourth-order valence-corrected chi connectivity index (χ4v) is 2.88. The summed E-state index contributed by atoms with van der Waals surface area (Å²) in [5, 5.41) is 0. The van der Waals surface area contributed by atoms with Gasteiger partial charge in [0.15, 0.2) is 0 Å². The van der Waals surface area contributed by atoms with Crippen LogP contribution < -0.4 is 0 Å². The first-order valence-electron chi connectivity index (χ1n) is 7.92. The first-order valence-corrected chi connectivity index (χ1v) is 7.92. The van der Waals surface area contributed by atoms with E-state index >= 15 is 0 Å². The van der Waals surface area contributed by atoms with Crippen molar-refractivity contribution in [2.45, 2.75) is 38.3 Å². The SMILES string of the molecule is CCOC(=O)O[C@H]1CC(C)=CC[C@@]12N=C(c1ccccc1)OC2=O. The third kappa shape index (κ3) is 2.91. The Labute approximate surface area is 140 Å². The average Bonchev–Trinajstić information content (AvgIpc) is 2.90. The zero-order chi connectivity index (χ0) is 17.2. The van der Waals surface area contributed by atoms with Gasteiger partial charge in [0, 0.05) is 18.4 Å². The molecule has 1 aliphatic carbocycles. The highest BCUT2D eigenvalue weighted by Gasteiger charge is 2.55. The van der Waals surface area contributed by atoms with Crippen molar-refractivity contribution in [2.75, 3.05) is 6.61 Å². The standard InChI is InChI=1S/C18H19NO5/c1-3-22-17(21)23-14-11-12(2)9-10-18(14)16(20)24-15(19-18)13-7-5-4-6-8-13/h4-9,14H,3,10-11H2,1-2H3/t14-,18+/m0/s1. The van der Waals surface area contributed by atoms with E-state index in [1.165, 1.54) is 0 Å². The number of cyclic esters (lactones) is 1. The maximum absolute atomic E-state index is 12.6. The number of benzene rings is 1. The minimum atomic E-state index is -1.24. The Morgan fingerprint density at radius 1 is 1.38 bits per heavy atom. The lowest BCUT2D eigenvalue weighted by Gasteiger charge is -2.33. The molecule has 1 spiro atoms. The predicted molar refractivity (Wildman–Crippen MR) is 86.7 cm³/mol. The molecule has 3 rings (SSSR count). The van der Waals surface area contributed by atoms with E-state index in [1.54, 1.807) is 6.92 Å². The Hall–Kier alpha value is -2.63. The van der Waals surface area contributed by atoms with Crippen LogP contribution in [-0.2, 0) is 19.0 Å². The molecule has 2 atom stereocenters. The fourth-order valence-electron chi connectivity index (χ4n) is 2.88. The van der Waals surface area contributed by atoms with Crippen LogP contribution >= 0.6 is 0 Å². The smallest absolute Gasteiger partial charge is 0.435 e. The molecule has 0 aromatic heterocycles. The molecule has 0 saturated heterocycles. The van der Waals surface area contributed by atoms with E-state index in [1.807, 2.05) is 43.3 Å². The molecule has 126 valence electrons. The zero-order valence-corrected chi connectivity index (χ0v) is 13.7. The van der Waals surface area contributed by atoms with E-state index in [4.69, 9.17) is 14.2 Å². The second-order valence-corrected chi connectivity index (χ2v) is 5.84. The Morgan fingerprint density at radius 2 is 2.12 bits per heavy atom.